The summed E-state index contributed by atoms with van der Waals surface area (Å²) in [6.07, 6.45) is 5.88. The van der Waals surface area contributed by atoms with Gasteiger partial charge in [-0.2, -0.15) is 4.98 Å². The molecule has 1 aromatic carbocycles. The van der Waals surface area contributed by atoms with Crippen LogP contribution in [0.25, 0.3) is 11.4 Å². The summed E-state index contributed by atoms with van der Waals surface area (Å²) in [5, 5.41) is 4.13. The summed E-state index contributed by atoms with van der Waals surface area (Å²) < 4.78 is 10.7. The fourth-order valence-corrected chi connectivity index (χ4v) is 3.70. The first-order chi connectivity index (χ1) is 13.2. The molecule has 1 amide bonds. The minimum absolute atomic E-state index is 0.0922. The van der Waals surface area contributed by atoms with E-state index in [1.54, 1.807) is 7.11 Å². The number of nitrogens with zero attached hydrogens (tertiary/aromatic N) is 3. The second kappa shape index (κ2) is 9.02. The van der Waals surface area contributed by atoms with Crippen molar-refractivity contribution in [1.29, 1.82) is 0 Å². The maximum absolute atomic E-state index is 13.0. The largest absolute Gasteiger partial charge is 0.497 e. The molecule has 27 heavy (non-hydrogen) atoms. The van der Waals surface area contributed by atoms with Crippen LogP contribution in [0.3, 0.4) is 0 Å². The number of carbonyl (C=O) groups excluding carboxylic acids is 1. The zero-order chi connectivity index (χ0) is 19.2. The van der Waals surface area contributed by atoms with Crippen LogP contribution < -0.4 is 4.74 Å². The molecule has 2 heterocycles. The lowest BCUT2D eigenvalue weighted by Crippen LogP contribution is -2.35. The van der Waals surface area contributed by atoms with E-state index in [-0.39, 0.29) is 17.9 Å². The fraction of sp³-hybridized carbons (Fsp3) is 0.571. The van der Waals surface area contributed by atoms with Gasteiger partial charge in [-0.25, -0.2) is 0 Å². The van der Waals surface area contributed by atoms with Crippen molar-refractivity contribution in [3.05, 3.63) is 30.2 Å². The number of unbranched alkanes of at least 4 members (excludes halogenated alkanes) is 1. The Labute approximate surface area is 160 Å². The van der Waals surface area contributed by atoms with E-state index in [0.717, 1.165) is 56.4 Å². The lowest BCUT2D eigenvalue weighted by atomic mass is 9.97. The second-order valence-corrected chi connectivity index (χ2v) is 7.12. The van der Waals surface area contributed by atoms with Gasteiger partial charge in [0.2, 0.25) is 17.6 Å². The molecule has 146 valence electrons. The molecule has 3 rings (SSSR count). The molecular formula is C21H29N3O3. The van der Waals surface area contributed by atoms with E-state index in [1.807, 2.05) is 29.2 Å². The van der Waals surface area contributed by atoms with Crippen LogP contribution in [0.4, 0.5) is 0 Å². The number of hydrogen-bond acceptors (Lipinski definition) is 5. The average Bonchev–Trinajstić information content (AvgIpc) is 3.37. The molecule has 0 bridgehead atoms. The van der Waals surface area contributed by atoms with Crippen LogP contribution in [0.2, 0.25) is 0 Å². The highest BCUT2D eigenvalue weighted by Gasteiger charge is 2.36. The van der Waals surface area contributed by atoms with Gasteiger partial charge in [-0.15, -0.1) is 0 Å². The maximum atomic E-state index is 13.0. The van der Waals surface area contributed by atoms with Crippen LogP contribution in [0.15, 0.2) is 28.8 Å². The molecule has 0 aliphatic carbocycles. The third-order valence-corrected chi connectivity index (χ3v) is 5.36. The quantitative estimate of drug-likeness (QED) is 0.677. The van der Waals surface area contributed by atoms with E-state index in [2.05, 4.69) is 24.0 Å². The lowest BCUT2D eigenvalue weighted by Gasteiger charge is -2.26. The van der Waals surface area contributed by atoms with Crippen LogP contribution in [0.1, 0.15) is 64.3 Å². The lowest BCUT2D eigenvalue weighted by molar-refractivity contribution is -0.137. The summed E-state index contributed by atoms with van der Waals surface area (Å²) in [5.41, 5.74) is 0.871. The molecule has 1 fully saturated rings. The predicted molar refractivity (Wildman–Crippen MR) is 103 cm³/mol. The molecule has 0 N–H and O–H groups in total. The molecule has 2 aromatic rings. The van der Waals surface area contributed by atoms with Crippen LogP contribution in [0.5, 0.6) is 5.75 Å². The van der Waals surface area contributed by atoms with E-state index < -0.39 is 0 Å². The fourth-order valence-electron chi connectivity index (χ4n) is 3.70. The maximum Gasteiger partial charge on any atom is 0.249 e. The third kappa shape index (κ3) is 4.31. The van der Waals surface area contributed by atoms with Gasteiger partial charge in [0, 0.05) is 18.0 Å². The second-order valence-electron chi connectivity index (χ2n) is 7.12. The average molecular weight is 371 g/mol. The van der Waals surface area contributed by atoms with Crippen LogP contribution in [0, 0.1) is 5.92 Å². The zero-order valence-electron chi connectivity index (χ0n) is 16.5. The Morgan fingerprint density at radius 3 is 2.78 bits per heavy atom. The van der Waals surface area contributed by atoms with Crippen LogP contribution in [-0.4, -0.2) is 34.6 Å². The molecule has 6 nitrogen and oxygen atoms in total. The first-order valence-corrected chi connectivity index (χ1v) is 9.96. The number of carbonyl (C=O) groups is 1. The summed E-state index contributed by atoms with van der Waals surface area (Å²) >= 11 is 0. The van der Waals surface area contributed by atoms with E-state index in [0.29, 0.717) is 11.7 Å². The Hall–Kier alpha value is -2.37. The number of likely N-dealkylation sites (tertiary alicyclic amines) is 1. The molecule has 1 saturated heterocycles. The van der Waals surface area contributed by atoms with Gasteiger partial charge in [0.15, 0.2) is 0 Å². The highest BCUT2D eigenvalue weighted by atomic mass is 16.5. The molecule has 6 heteroatoms. The molecule has 2 unspecified atom stereocenters. The molecule has 1 aromatic heterocycles. The van der Waals surface area contributed by atoms with Gasteiger partial charge in [0.05, 0.1) is 7.11 Å². The van der Waals surface area contributed by atoms with E-state index in [1.165, 1.54) is 0 Å². The Morgan fingerprint density at radius 1 is 1.33 bits per heavy atom. The summed E-state index contributed by atoms with van der Waals surface area (Å²) in [6.45, 7) is 5.03. The van der Waals surface area contributed by atoms with Gasteiger partial charge in [0.1, 0.15) is 11.8 Å². The van der Waals surface area contributed by atoms with Crippen molar-refractivity contribution in [3.8, 4) is 17.1 Å². The van der Waals surface area contributed by atoms with Crippen LogP contribution >= 0.6 is 0 Å². The first-order valence-electron chi connectivity index (χ1n) is 9.96. The molecular weight excluding hydrogens is 342 g/mol. The van der Waals surface area contributed by atoms with E-state index in [4.69, 9.17) is 9.26 Å². The van der Waals surface area contributed by atoms with Gasteiger partial charge in [0.25, 0.3) is 0 Å². The zero-order valence-corrected chi connectivity index (χ0v) is 16.5. The number of ether oxygens (including phenoxy) is 1. The van der Waals surface area contributed by atoms with Crippen molar-refractivity contribution < 1.29 is 14.1 Å². The monoisotopic (exact) mass is 371 g/mol. The number of aromatic nitrogens is 2. The Kier molecular flexibility index (Phi) is 6.48. The Morgan fingerprint density at radius 2 is 2.11 bits per heavy atom. The number of hydrogen-bond donors (Lipinski definition) is 0. The van der Waals surface area contributed by atoms with Crippen molar-refractivity contribution in [2.24, 2.45) is 5.92 Å². The van der Waals surface area contributed by atoms with Crippen molar-refractivity contribution >= 4 is 5.91 Å². The third-order valence-electron chi connectivity index (χ3n) is 5.36. The van der Waals surface area contributed by atoms with Crippen molar-refractivity contribution in [3.63, 3.8) is 0 Å². The summed E-state index contributed by atoms with van der Waals surface area (Å²) in [5.74, 6) is 2.20. The minimum Gasteiger partial charge on any atom is -0.497 e. The van der Waals surface area contributed by atoms with E-state index >= 15 is 0 Å². The number of amides is 1. The van der Waals surface area contributed by atoms with Gasteiger partial charge >= 0.3 is 0 Å². The standard InChI is InChI=1S/C21H29N3O3/c1-4-6-8-15(5-2)21(25)24-14-7-9-18(24)20-22-19(23-27-20)16-10-12-17(26-3)13-11-16/h10-13,15,18H,4-9,14H2,1-3H3. The highest BCUT2D eigenvalue weighted by molar-refractivity contribution is 5.79. The molecule has 1 aliphatic heterocycles. The molecule has 2 atom stereocenters. The normalized spacial score (nSPS) is 17.9. The smallest absolute Gasteiger partial charge is 0.249 e. The summed E-state index contributed by atoms with van der Waals surface area (Å²) in [7, 11) is 1.64. The van der Waals surface area contributed by atoms with Crippen LogP contribution in [-0.2, 0) is 4.79 Å². The predicted octanol–water partition coefficient (Wildman–Crippen LogP) is 4.63. The molecule has 0 radical (unpaired) electrons. The number of rotatable bonds is 8. The van der Waals surface area contributed by atoms with E-state index in [9.17, 15) is 4.79 Å². The van der Waals surface area contributed by atoms with Crippen molar-refractivity contribution in [2.45, 2.75) is 58.4 Å². The minimum atomic E-state index is -0.104. The summed E-state index contributed by atoms with van der Waals surface area (Å²) in [4.78, 5) is 19.6. The van der Waals surface area contributed by atoms with Gasteiger partial charge in [-0.3, -0.25) is 4.79 Å². The summed E-state index contributed by atoms with van der Waals surface area (Å²) in [6, 6.07) is 7.45. The van der Waals surface area contributed by atoms with Gasteiger partial charge < -0.3 is 14.2 Å². The molecule has 0 saturated carbocycles. The Balaban J connectivity index is 1.75. The number of methoxy groups -OCH3 is 1. The van der Waals surface area contributed by atoms with Gasteiger partial charge in [-0.1, -0.05) is 31.8 Å². The van der Waals surface area contributed by atoms with Crippen molar-refractivity contribution in [2.75, 3.05) is 13.7 Å². The highest BCUT2D eigenvalue weighted by Crippen LogP contribution is 2.34. The Bertz CT molecular complexity index is 741. The number of benzene rings is 1. The molecule has 1 aliphatic rings. The SMILES string of the molecule is CCCCC(CC)C(=O)N1CCCC1c1nc(-c2ccc(OC)cc2)no1. The van der Waals surface area contributed by atoms with Crippen molar-refractivity contribution in [1.82, 2.24) is 15.0 Å². The van der Waals surface area contributed by atoms with Gasteiger partial charge in [-0.05, 0) is 49.9 Å². The first kappa shape index (κ1) is 19.4. The molecule has 0 spiro atoms. The topological polar surface area (TPSA) is 68.5 Å².